The van der Waals surface area contributed by atoms with Gasteiger partial charge in [0, 0.05) is 26.1 Å². The highest BCUT2D eigenvalue weighted by Crippen LogP contribution is 2.26. The first-order valence-electron chi connectivity index (χ1n) is 10.4. The lowest BCUT2D eigenvalue weighted by Gasteiger charge is -2.25. The Hall–Kier alpha value is -3.39. The Morgan fingerprint density at radius 2 is 1.78 bits per heavy atom. The van der Waals surface area contributed by atoms with Gasteiger partial charge in [0.2, 0.25) is 17.7 Å². The average molecular weight is 454 g/mol. The predicted molar refractivity (Wildman–Crippen MR) is 122 cm³/mol. The van der Waals surface area contributed by atoms with Crippen molar-refractivity contribution in [3.8, 4) is 11.5 Å². The largest absolute Gasteiger partial charge is 0.419 e. The van der Waals surface area contributed by atoms with Crippen molar-refractivity contribution >= 4 is 28.5 Å². The number of hydrogen-bond donors (Lipinski definition) is 0. The number of hydrogen-bond acceptors (Lipinski definition) is 5. The predicted octanol–water partition coefficient (Wildman–Crippen LogP) is 3.87. The highest BCUT2D eigenvalue weighted by Gasteiger charge is 2.22. The summed E-state index contributed by atoms with van der Waals surface area (Å²) in [6.07, 6.45) is 0.178. The lowest BCUT2D eigenvalue weighted by Crippen LogP contribution is -2.37. The smallest absolute Gasteiger partial charge is 0.328 e. The zero-order valence-corrected chi connectivity index (χ0v) is 18.9. The Bertz CT molecular complexity index is 1320. The lowest BCUT2D eigenvalue weighted by atomic mass is 10.2. The van der Waals surface area contributed by atoms with Gasteiger partial charge in [-0.3, -0.25) is 13.9 Å². The fourth-order valence-corrected chi connectivity index (χ4v) is 3.91. The number of amides is 1. The SMILES string of the molecule is CC(C)N(Cc1nnc(-c2ccccc2Cl)o1)C(=O)CCn1c(=O)n(C)c2ccccc21. The number of carbonyl (C=O) groups excluding carboxylic acids is 1. The minimum atomic E-state index is -0.142. The third kappa shape index (κ3) is 4.18. The Kier molecular flexibility index (Phi) is 6.14. The molecule has 166 valence electrons. The number of imidazole rings is 1. The van der Waals surface area contributed by atoms with Crippen molar-refractivity contribution in [3.63, 3.8) is 0 Å². The van der Waals surface area contributed by atoms with Crippen molar-refractivity contribution in [2.24, 2.45) is 7.05 Å². The van der Waals surface area contributed by atoms with E-state index in [1.807, 2.05) is 50.2 Å². The van der Waals surface area contributed by atoms with Gasteiger partial charge in [-0.1, -0.05) is 35.9 Å². The first-order chi connectivity index (χ1) is 15.4. The minimum Gasteiger partial charge on any atom is -0.419 e. The maximum absolute atomic E-state index is 13.0. The molecule has 0 saturated carbocycles. The topological polar surface area (TPSA) is 86.2 Å². The summed E-state index contributed by atoms with van der Waals surface area (Å²) >= 11 is 6.21. The van der Waals surface area contributed by atoms with Crippen LogP contribution in [0.1, 0.15) is 26.2 Å². The Morgan fingerprint density at radius 1 is 1.09 bits per heavy atom. The summed E-state index contributed by atoms with van der Waals surface area (Å²) in [5.41, 5.74) is 2.15. The molecule has 2 heterocycles. The molecule has 4 aromatic rings. The standard InChI is InChI=1S/C23H24ClN5O3/c1-15(2)29(14-20-25-26-22(32-20)16-8-4-5-9-17(16)24)21(30)12-13-28-19-11-7-6-10-18(19)27(3)23(28)31/h4-11,15H,12-14H2,1-3H3. The normalized spacial score (nSPS) is 11.4. The van der Waals surface area contributed by atoms with Crippen molar-refractivity contribution in [2.45, 2.75) is 39.4 Å². The molecule has 1 amide bonds. The molecule has 0 unspecified atom stereocenters. The summed E-state index contributed by atoms with van der Waals surface area (Å²) in [4.78, 5) is 27.3. The average Bonchev–Trinajstić information content (AvgIpc) is 3.34. The number of carbonyl (C=O) groups is 1. The third-order valence-electron chi connectivity index (χ3n) is 5.42. The van der Waals surface area contributed by atoms with Crippen LogP contribution in [0.2, 0.25) is 5.02 Å². The van der Waals surface area contributed by atoms with Crippen LogP contribution in [0.4, 0.5) is 0 Å². The summed E-state index contributed by atoms with van der Waals surface area (Å²) in [6.45, 7) is 4.32. The summed E-state index contributed by atoms with van der Waals surface area (Å²) in [6, 6.07) is 14.7. The van der Waals surface area contributed by atoms with E-state index in [-0.39, 0.29) is 37.1 Å². The first kappa shape index (κ1) is 21.8. The zero-order chi connectivity index (χ0) is 22.8. The summed E-state index contributed by atoms with van der Waals surface area (Å²) < 4.78 is 8.99. The highest BCUT2D eigenvalue weighted by molar-refractivity contribution is 6.33. The Labute approximate surface area is 190 Å². The van der Waals surface area contributed by atoms with Gasteiger partial charge in [-0.25, -0.2) is 4.79 Å². The van der Waals surface area contributed by atoms with Crippen LogP contribution in [0.3, 0.4) is 0 Å². The molecular weight excluding hydrogens is 430 g/mol. The molecule has 0 radical (unpaired) electrons. The minimum absolute atomic E-state index is 0.0811. The van der Waals surface area contributed by atoms with E-state index >= 15 is 0 Å². The van der Waals surface area contributed by atoms with E-state index in [1.54, 1.807) is 33.2 Å². The fourth-order valence-electron chi connectivity index (χ4n) is 3.70. The molecule has 0 aliphatic heterocycles. The van der Waals surface area contributed by atoms with Gasteiger partial charge in [-0.2, -0.15) is 0 Å². The Balaban J connectivity index is 1.50. The fraction of sp³-hybridized carbons (Fsp3) is 0.304. The van der Waals surface area contributed by atoms with Crippen LogP contribution in [0.15, 0.2) is 57.7 Å². The lowest BCUT2D eigenvalue weighted by molar-refractivity contribution is -0.134. The number of aromatic nitrogens is 4. The van der Waals surface area contributed by atoms with Gasteiger partial charge in [-0.05, 0) is 38.1 Å². The highest BCUT2D eigenvalue weighted by atomic mass is 35.5. The molecule has 0 atom stereocenters. The zero-order valence-electron chi connectivity index (χ0n) is 18.2. The molecule has 2 aromatic carbocycles. The van der Waals surface area contributed by atoms with Crippen LogP contribution >= 0.6 is 11.6 Å². The molecule has 32 heavy (non-hydrogen) atoms. The molecule has 4 rings (SSSR count). The molecule has 0 spiro atoms. The molecular formula is C23H24ClN5O3. The monoisotopic (exact) mass is 453 g/mol. The van der Waals surface area contributed by atoms with E-state index in [0.29, 0.717) is 22.4 Å². The van der Waals surface area contributed by atoms with Gasteiger partial charge in [0.25, 0.3) is 0 Å². The number of para-hydroxylation sites is 2. The molecule has 0 fully saturated rings. The van der Waals surface area contributed by atoms with E-state index in [9.17, 15) is 9.59 Å². The van der Waals surface area contributed by atoms with Gasteiger partial charge in [-0.15, -0.1) is 10.2 Å². The maximum Gasteiger partial charge on any atom is 0.328 e. The Morgan fingerprint density at radius 3 is 2.50 bits per heavy atom. The van der Waals surface area contributed by atoms with E-state index in [2.05, 4.69) is 10.2 Å². The number of rotatable bonds is 7. The van der Waals surface area contributed by atoms with Gasteiger partial charge in [0.15, 0.2) is 0 Å². The van der Waals surface area contributed by atoms with E-state index < -0.39 is 0 Å². The molecule has 8 nitrogen and oxygen atoms in total. The molecule has 0 aliphatic carbocycles. The van der Waals surface area contributed by atoms with Crippen molar-refractivity contribution < 1.29 is 9.21 Å². The van der Waals surface area contributed by atoms with Crippen LogP contribution in [0.25, 0.3) is 22.5 Å². The van der Waals surface area contributed by atoms with Gasteiger partial charge >= 0.3 is 5.69 Å². The molecule has 0 N–H and O–H groups in total. The van der Waals surface area contributed by atoms with Crippen LogP contribution in [-0.2, 0) is 24.9 Å². The molecule has 0 bridgehead atoms. The molecule has 2 aromatic heterocycles. The molecule has 0 saturated heterocycles. The summed E-state index contributed by atoms with van der Waals surface area (Å²) in [5.74, 6) is 0.533. The van der Waals surface area contributed by atoms with Crippen LogP contribution in [0.5, 0.6) is 0 Å². The van der Waals surface area contributed by atoms with Crippen molar-refractivity contribution in [3.05, 3.63) is 69.9 Å². The quantitative estimate of drug-likeness (QED) is 0.424. The number of fused-ring (bicyclic) bond motifs is 1. The van der Waals surface area contributed by atoms with Crippen LogP contribution < -0.4 is 5.69 Å². The molecule has 9 heteroatoms. The number of aryl methyl sites for hydroxylation is 2. The van der Waals surface area contributed by atoms with Gasteiger partial charge < -0.3 is 9.32 Å². The maximum atomic E-state index is 13.0. The van der Waals surface area contributed by atoms with Crippen molar-refractivity contribution in [1.82, 2.24) is 24.2 Å². The van der Waals surface area contributed by atoms with Gasteiger partial charge in [0.1, 0.15) is 0 Å². The second kappa shape index (κ2) is 9.00. The van der Waals surface area contributed by atoms with Crippen molar-refractivity contribution in [1.29, 1.82) is 0 Å². The second-order valence-corrected chi connectivity index (χ2v) is 8.24. The summed E-state index contributed by atoms with van der Waals surface area (Å²) in [5, 5.41) is 8.67. The number of nitrogens with zero attached hydrogens (tertiary/aromatic N) is 5. The number of halogens is 1. The number of benzene rings is 2. The van der Waals surface area contributed by atoms with Crippen molar-refractivity contribution in [2.75, 3.05) is 0 Å². The van der Waals surface area contributed by atoms with Crippen LogP contribution in [0, 0.1) is 0 Å². The van der Waals surface area contributed by atoms with Gasteiger partial charge in [0.05, 0.1) is 28.2 Å². The summed E-state index contributed by atoms with van der Waals surface area (Å²) in [7, 11) is 1.73. The third-order valence-corrected chi connectivity index (χ3v) is 5.75. The van der Waals surface area contributed by atoms with E-state index in [1.165, 1.54) is 0 Å². The van der Waals surface area contributed by atoms with Crippen LogP contribution in [-0.4, -0.2) is 36.2 Å². The first-order valence-corrected chi connectivity index (χ1v) is 10.8. The van der Waals surface area contributed by atoms with E-state index in [4.69, 9.17) is 16.0 Å². The molecule has 0 aliphatic rings. The second-order valence-electron chi connectivity index (χ2n) is 7.83. The van der Waals surface area contributed by atoms with E-state index in [0.717, 1.165) is 11.0 Å².